The molecule has 0 unspecified atom stereocenters. The van der Waals surface area contributed by atoms with Gasteiger partial charge in [-0.2, -0.15) is 0 Å². The minimum atomic E-state index is -1.08. The van der Waals surface area contributed by atoms with Crippen LogP contribution in [-0.2, 0) is 6.42 Å². The van der Waals surface area contributed by atoms with Crippen molar-refractivity contribution in [3.05, 3.63) is 93.4 Å². The lowest BCUT2D eigenvalue weighted by Crippen LogP contribution is -2.11. The van der Waals surface area contributed by atoms with Gasteiger partial charge < -0.3 is 9.52 Å². The highest BCUT2D eigenvalue weighted by atomic mass is 16.4. The molecule has 0 fully saturated rings. The SMILES string of the molecule is C=CCc1c(C=Cc2ccc(C)cc2)oc2ccc(C(=O)O)cc2c1=O. The first-order chi connectivity index (χ1) is 12.5. The summed E-state index contributed by atoms with van der Waals surface area (Å²) < 4.78 is 5.88. The molecule has 0 saturated heterocycles. The molecule has 1 heterocycles. The number of aromatic carboxylic acids is 1. The summed E-state index contributed by atoms with van der Waals surface area (Å²) in [5.74, 6) is -0.633. The zero-order chi connectivity index (χ0) is 18.7. The lowest BCUT2D eigenvalue weighted by atomic mass is 10.0. The molecule has 3 rings (SSSR count). The van der Waals surface area contributed by atoms with Gasteiger partial charge in [0.25, 0.3) is 0 Å². The van der Waals surface area contributed by atoms with E-state index in [1.165, 1.54) is 23.8 Å². The molecule has 1 N–H and O–H groups in total. The molecule has 1 aromatic heterocycles. The monoisotopic (exact) mass is 346 g/mol. The van der Waals surface area contributed by atoms with Gasteiger partial charge in [-0.25, -0.2) is 4.79 Å². The number of hydrogen-bond donors (Lipinski definition) is 1. The molecule has 0 bridgehead atoms. The van der Waals surface area contributed by atoms with Gasteiger partial charge in [0.05, 0.1) is 10.9 Å². The normalized spacial score (nSPS) is 11.1. The van der Waals surface area contributed by atoms with E-state index in [4.69, 9.17) is 9.52 Å². The van der Waals surface area contributed by atoms with E-state index in [9.17, 15) is 9.59 Å². The largest absolute Gasteiger partial charge is 0.478 e. The number of aryl methyl sites for hydroxylation is 1. The van der Waals surface area contributed by atoms with Gasteiger partial charge in [-0.05, 0) is 43.2 Å². The number of hydrogen-bond acceptors (Lipinski definition) is 3. The van der Waals surface area contributed by atoms with Crippen molar-refractivity contribution in [2.24, 2.45) is 0 Å². The maximum absolute atomic E-state index is 12.8. The van der Waals surface area contributed by atoms with Crippen molar-refractivity contribution in [2.75, 3.05) is 0 Å². The lowest BCUT2D eigenvalue weighted by molar-refractivity contribution is 0.0697. The number of allylic oxidation sites excluding steroid dienone is 1. The van der Waals surface area contributed by atoms with Crippen molar-refractivity contribution in [1.82, 2.24) is 0 Å². The predicted octanol–water partition coefficient (Wildman–Crippen LogP) is 4.70. The average molecular weight is 346 g/mol. The standard InChI is InChI=1S/C22H18O4/c1-3-4-17-19(11-9-15-7-5-14(2)6-8-15)26-20-12-10-16(22(24)25)13-18(20)21(17)23/h3,5-13H,1,4H2,2H3,(H,24,25). The minimum absolute atomic E-state index is 0.0531. The molecule has 26 heavy (non-hydrogen) atoms. The second-order valence-corrected chi connectivity index (χ2v) is 6.03. The van der Waals surface area contributed by atoms with Crippen molar-refractivity contribution in [2.45, 2.75) is 13.3 Å². The number of benzene rings is 2. The van der Waals surface area contributed by atoms with Crippen molar-refractivity contribution < 1.29 is 14.3 Å². The van der Waals surface area contributed by atoms with E-state index in [-0.39, 0.29) is 16.4 Å². The molecule has 0 aliphatic rings. The molecule has 4 heteroatoms. The molecule has 3 aromatic rings. The van der Waals surface area contributed by atoms with E-state index in [0.29, 0.717) is 23.3 Å². The Bertz CT molecular complexity index is 1070. The predicted molar refractivity (Wildman–Crippen MR) is 103 cm³/mol. The highest BCUT2D eigenvalue weighted by Crippen LogP contribution is 2.20. The summed E-state index contributed by atoms with van der Waals surface area (Å²) in [4.78, 5) is 24.0. The third kappa shape index (κ3) is 3.49. The van der Waals surface area contributed by atoms with Gasteiger partial charge in [-0.15, -0.1) is 6.58 Å². The number of carbonyl (C=O) groups is 1. The molecular weight excluding hydrogens is 328 g/mol. The van der Waals surface area contributed by atoms with Crippen LogP contribution in [-0.4, -0.2) is 11.1 Å². The van der Waals surface area contributed by atoms with Crippen LogP contribution in [0.25, 0.3) is 23.1 Å². The fourth-order valence-corrected chi connectivity index (χ4v) is 2.71. The van der Waals surface area contributed by atoms with E-state index < -0.39 is 5.97 Å². The topological polar surface area (TPSA) is 67.5 Å². The fraction of sp³-hybridized carbons (Fsp3) is 0.0909. The summed E-state index contributed by atoms with van der Waals surface area (Å²) in [7, 11) is 0. The molecule has 0 saturated carbocycles. The van der Waals surface area contributed by atoms with Crippen LogP contribution in [0.2, 0.25) is 0 Å². The Labute approximate surface area is 150 Å². The van der Waals surface area contributed by atoms with Crippen LogP contribution in [0.3, 0.4) is 0 Å². The zero-order valence-electron chi connectivity index (χ0n) is 14.4. The van der Waals surface area contributed by atoms with E-state index in [1.54, 1.807) is 12.2 Å². The summed E-state index contributed by atoms with van der Waals surface area (Å²) in [6.45, 7) is 5.71. The summed E-state index contributed by atoms with van der Waals surface area (Å²) in [6, 6.07) is 12.3. The summed E-state index contributed by atoms with van der Waals surface area (Å²) in [6.07, 6.45) is 5.60. The minimum Gasteiger partial charge on any atom is -0.478 e. The lowest BCUT2D eigenvalue weighted by Gasteiger charge is -2.06. The molecule has 0 amide bonds. The highest BCUT2D eigenvalue weighted by Gasteiger charge is 2.14. The van der Waals surface area contributed by atoms with Gasteiger partial charge in [-0.1, -0.05) is 42.0 Å². The van der Waals surface area contributed by atoms with Crippen LogP contribution >= 0.6 is 0 Å². The third-order valence-electron chi connectivity index (χ3n) is 4.12. The van der Waals surface area contributed by atoms with Crippen molar-refractivity contribution in [1.29, 1.82) is 0 Å². The molecule has 4 nitrogen and oxygen atoms in total. The Morgan fingerprint density at radius 3 is 2.54 bits per heavy atom. The Morgan fingerprint density at radius 1 is 1.15 bits per heavy atom. The quantitative estimate of drug-likeness (QED) is 0.680. The van der Waals surface area contributed by atoms with Crippen LogP contribution in [0, 0.1) is 6.92 Å². The zero-order valence-corrected chi connectivity index (χ0v) is 14.4. The molecule has 130 valence electrons. The van der Waals surface area contributed by atoms with Crippen molar-refractivity contribution in [3.63, 3.8) is 0 Å². The van der Waals surface area contributed by atoms with Gasteiger partial charge in [0.2, 0.25) is 0 Å². The van der Waals surface area contributed by atoms with Crippen LogP contribution in [0.5, 0.6) is 0 Å². The average Bonchev–Trinajstić information content (AvgIpc) is 2.63. The molecular formula is C22H18O4. The molecule has 0 spiro atoms. The van der Waals surface area contributed by atoms with Crippen LogP contribution < -0.4 is 5.43 Å². The Morgan fingerprint density at radius 2 is 1.88 bits per heavy atom. The summed E-state index contributed by atoms with van der Waals surface area (Å²) >= 11 is 0. The Hall–Kier alpha value is -3.40. The molecule has 2 aromatic carbocycles. The van der Waals surface area contributed by atoms with E-state index in [2.05, 4.69) is 6.58 Å². The van der Waals surface area contributed by atoms with Crippen molar-refractivity contribution >= 4 is 29.1 Å². The van der Waals surface area contributed by atoms with E-state index >= 15 is 0 Å². The Kier molecular flexibility index (Phi) is 4.85. The first-order valence-corrected chi connectivity index (χ1v) is 8.18. The number of carboxylic acid groups (broad SMARTS) is 1. The molecule has 0 radical (unpaired) electrons. The van der Waals surface area contributed by atoms with E-state index in [0.717, 1.165) is 5.56 Å². The second-order valence-electron chi connectivity index (χ2n) is 6.03. The number of fused-ring (bicyclic) bond motifs is 1. The number of carboxylic acids is 1. The molecule has 0 atom stereocenters. The van der Waals surface area contributed by atoms with Crippen molar-refractivity contribution in [3.8, 4) is 0 Å². The second kappa shape index (κ2) is 7.23. The highest BCUT2D eigenvalue weighted by molar-refractivity contribution is 5.93. The summed E-state index contributed by atoms with van der Waals surface area (Å²) in [5, 5.41) is 9.39. The maximum Gasteiger partial charge on any atom is 0.335 e. The number of rotatable bonds is 5. The molecule has 0 aliphatic heterocycles. The maximum atomic E-state index is 12.8. The first kappa shape index (κ1) is 17.4. The van der Waals surface area contributed by atoms with Gasteiger partial charge >= 0.3 is 5.97 Å². The van der Waals surface area contributed by atoms with E-state index in [1.807, 2.05) is 37.3 Å². The van der Waals surface area contributed by atoms with Gasteiger partial charge in [0, 0.05) is 5.56 Å². The summed E-state index contributed by atoms with van der Waals surface area (Å²) in [5.41, 5.74) is 2.79. The van der Waals surface area contributed by atoms with Crippen LogP contribution in [0.15, 0.2) is 64.3 Å². The van der Waals surface area contributed by atoms with Gasteiger partial charge in [-0.3, -0.25) is 4.79 Å². The smallest absolute Gasteiger partial charge is 0.335 e. The molecule has 0 aliphatic carbocycles. The third-order valence-corrected chi connectivity index (χ3v) is 4.12. The van der Waals surface area contributed by atoms with Crippen LogP contribution in [0.4, 0.5) is 0 Å². The Balaban J connectivity index is 2.14. The first-order valence-electron chi connectivity index (χ1n) is 8.18. The fourth-order valence-electron chi connectivity index (χ4n) is 2.71. The van der Waals surface area contributed by atoms with Gasteiger partial charge in [0.15, 0.2) is 5.43 Å². The van der Waals surface area contributed by atoms with Gasteiger partial charge in [0.1, 0.15) is 11.3 Å². The van der Waals surface area contributed by atoms with Crippen LogP contribution in [0.1, 0.15) is 32.8 Å².